The van der Waals surface area contributed by atoms with E-state index in [2.05, 4.69) is 39.1 Å². The topological polar surface area (TPSA) is 42.1 Å². The van der Waals surface area contributed by atoms with Crippen LogP contribution in [0, 0.1) is 5.92 Å². The largest absolute Gasteiger partial charge is 0.461 e. The first-order valence-electron chi connectivity index (χ1n) is 9.21. The second-order valence-electron chi connectivity index (χ2n) is 6.97. The number of halogens is 1. The molecule has 1 N–H and O–H groups in total. The first-order chi connectivity index (χ1) is 12.7. The van der Waals surface area contributed by atoms with Crippen LogP contribution in [0.3, 0.4) is 0 Å². The molecule has 1 unspecified atom stereocenters. The number of para-hydroxylation sites is 1. The fourth-order valence-corrected chi connectivity index (χ4v) is 4.33. The highest BCUT2D eigenvalue weighted by molar-refractivity contribution is 9.10. The monoisotopic (exact) mass is 411 g/mol. The predicted molar refractivity (Wildman–Crippen MR) is 107 cm³/mol. The molecule has 0 radical (unpaired) electrons. The molecule has 0 aliphatic heterocycles. The van der Waals surface area contributed by atoms with Gasteiger partial charge in [0, 0.05) is 15.6 Å². The summed E-state index contributed by atoms with van der Waals surface area (Å²) < 4.78 is 6.67. The van der Waals surface area contributed by atoms with Gasteiger partial charge in [-0.15, -0.1) is 0 Å². The number of benzene rings is 2. The first kappa shape index (κ1) is 17.3. The van der Waals surface area contributed by atoms with Crippen molar-refractivity contribution < 1.29 is 9.53 Å². The van der Waals surface area contributed by atoms with E-state index in [9.17, 15) is 4.79 Å². The number of fused-ring (bicyclic) bond motifs is 3. The van der Waals surface area contributed by atoms with Crippen molar-refractivity contribution in [3.63, 3.8) is 0 Å². The summed E-state index contributed by atoms with van der Waals surface area (Å²) in [6.07, 6.45) is 4.65. The highest BCUT2D eigenvalue weighted by Gasteiger charge is 2.24. The van der Waals surface area contributed by atoms with Gasteiger partial charge in [0.1, 0.15) is 6.61 Å². The molecule has 0 bridgehead atoms. The van der Waals surface area contributed by atoms with Gasteiger partial charge in [-0.05, 0) is 65.2 Å². The molecule has 1 aliphatic carbocycles. The molecule has 26 heavy (non-hydrogen) atoms. The number of nitrogens with one attached hydrogen (secondary N) is 1. The van der Waals surface area contributed by atoms with Crippen LogP contribution >= 0.6 is 15.9 Å². The van der Waals surface area contributed by atoms with Crippen molar-refractivity contribution in [2.24, 2.45) is 5.92 Å². The molecule has 1 heterocycles. The molecule has 134 valence electrons. The number of esters is 1. The number of H-pyrrole nitrogens is 1. The van der Waals surface area contributed by atoms with E-state index in [0.717, 1.165) is 42.1 Å². The molecular weight excluding hydrogens is 390 g/mol. The van der Waals surface area contributed by atoms with Crippen molar-refractivity contribution in [1.29, 1.82) is 0 Å². The molecule has 1 atom stereocenters. The summed E-state index contributed by atoms with van der Waals surface area (Å²) >= 11 is 3.63. The summed E-state index contributed by atoms with van der Waals surface area (Å²) in [4.78, 5) is 16.1. The Labute approximate surface area is 161 Å². The van der Waals surface area contributed by atoms with Crippen molar-refractivity contribution in [2.45, 2.75) is 38.7 Å². The van der Waals surface area contributed by atoms with Gasteiger partial charge in [0.2, 0.25) is 0 Å². The Bertz CT molecular complexity index is 917. The van der Waals surface area contributed by atoms with Gasteiger partial charge in [0.25, 0.3) is 0 Å². The molecule has 2 aromatic carbocycles. The van der Waals surface area contributed by atoms with Gasteiger partial charge >= 0.3 is 5.97 Å². The maximum absolute atomic E-state index is 12.5. The standard InChI is InChI=1S/C22H22BrNO2/c23-19-11-5-10-18-17-9-4-8-16(12-13-20(17)24-21(18)19)22(25)26-14-15-6-2-1-3-7-15/h1-3,5-7,10-11,16,24H,4,8-9,12-14H2. The van der Waals surface area contributed by atoms with Crippen molar-refractivity contribution in [2.75, 3.05) is 0 Å². The second kappa shape index (κ2) is 7.67. The maximum Gasteiger partial charge on any atom is 0.309 e. The minimum Gasteiger partial charge on any atom is -0.461 e. The number of aryl methyl sites for hydroxylation is 2. The molecular formula is C22H22BrNO2. The van der Waals surface area contributed by atoms with Gasteiger partial charge in [0.05, 0.1) is 11.4 Å². The Kier molecular flexibility index (Phi) is 5.11. The SMILES string of the molecule is O=C(OCc1ccccc1)C1CCCc2c([nH]c3c(Br)cccc23)CC1. The third-order valence-corrected chi connectivity index (χ3v) is 5.92. The fourth-order valence-electron chi connectivity index (χ4n) is 3.86. The van der Waals surface area contributed by atoms with Crippen LogP contribution in [0.25, 0.3) is 10.9 Å². The smallest absolute Gasteiger partial charge is 0.309 e. The molecule has 0 amide bonds. The van der Waals surface area contributed by atoms with E-state index in [1.54, 1.807) is 0 Å². The third-order valence-electron chi connectivity index (χ3n) is 5.26. The molecule has 0 spiro atoms. The number of hydrogen-bond donors (Lipinski definition) is 1. The Morgan fingerprint density at radius 3 is 2.77 bits per heavy atom. The van der Waals surface area contributed by atoms with Gasteiger partial charge in [-0.2, -0.15) is 0 Å². The van der Waals surface area contributed by atoms with E-state index in [0.29, 0.717) is 6.61 Å². The zero-order valence-corrected chi connectivity index (χ0v) is 16.2. The number of ether oxygens (including phenoxy) is 1. The summed E-state index contributed by atoms with van der Waals surface area (Å²) in [7, 11) is 0. The van der Waals surface area contributed by atoms with Crippen molar-refractivity contribution in [3.05, 3.63) is 69.8 Å². The van der Waals surface area contributed by atoms with Crippen LogP contribution in [0.4, 0.5) is 0 Å². The zero-order chi connectivity index (χ0) is 17.9. The molecule has 4 rings (SSSR count). The van der Waals surface area contributed by atoms with Gasteiger partial charge in [0.15, 0.2) is 0 Å². The minimum absolute atomic E-state index is 0.0123. The van der Waals surface area contributed by atoms with Crippen molar-refractivity contribution >= 4 is 32.8 Å². The first-order valence-corrected chi connectivity index (χ1v) is 10.00. The number of hydrogen-bond acceptors (Lipinski definition) is 2. The average Bonchev–Trinajstić information content (AvgIpc) is 2.99. The maximum atomic E-state index is 12.5. The average molecular weight is 412 g/mol. The Hall–Kier alpha value is -2.07. The zero-order valence-electron chi connectivity index (χ0n) is 14.6. The lowest BCUT2D eigenvalue weighted by atomic mass is 9.89. The highest BCUT2D eigenvalue weighted by atomic mass is 79.9. The Morgan fingerprint density at radius 2 is 1.92 bits per heavy atom. The number of aromatic amines is 1. The van der Waals surface area contributed by atoms with E-state index >= 15 is 0 Å². The lowest BCUT2D eigenvalue weighted by Gasteiger charge is -2.19. The van der Waals surface area contributed by atoms with Crippen LogP contribution in [0.15, 0.2) is 53.0 Å². The van der Waals surface area contributed by atoms with Crippen LogP contribution in [-0.2, 0) is 29.0 Å². The predicted octanol–water partition coefficient (Wildman–Crippen LogP) is 5.56. The minimum atomic E-state index is -0.0606. The quantitative estimate of drug-likeness (QED) is 0.573. The summed E-state index contributed by atoms with van der Waals surface area (Å²) in [5.74, 6) is -0.0729. The Morgan fingerprint density at radius 1 is 1.08 bits per heavy atom. The lowest BCUT2D eigenvalue weighted by Crippen LogP contribution is -2.20. The Balaban J connectivity index is 1.45. The van der Waals surface area contributed by atoms with Crippen LogP contribution < -0.4 is 0 Å². The summed E-state index contributed by atoms with van der Waals surface area (Å²) in [6, 6.07) is 16.2. The van der Waals surface area contributed by atoms with Gasteiger partial charge in [-0.1, -0.05) is 42.5 Å². The van der Waals surface area contributed by atoms with Crippen molar-refractivity contribution in [3.8, 4) is 0 Å². The van der Waals surface area contributed by atoms with Crippen LogP contribution in [0.1, 0.15) is 36.1 Å². The van der Waals surface area contributed by atoms with Gasteiger partial charge in [-0.3, -0.25) is 4.79 Å². The summed E-state index contributed by atoms with van der Waals surface area (Å²) in [5.41, 5.74) is 4.89. The van der Waals surface area contributed by atoms with E-state index in [1.807, 2.05) is 30.3 Å². The normalized spacial score (nSPS) is 17.3. The molecule has 1 aromatic heterocycles. The van der Waals surface area contributed by atoms with Crippen LogP contribution in [-0.4, -0.2) is 11.0 Å². The van der Waals surface area contributed by atoms with E-state index < -0.39 is 0 Å². The van der Waals surface area contributed by atoms with E-state index in [4.69, 9.17) is 4.74 Å². The number of carbonyl (C=O) groups is 1. The molecule has 3 aromatic rings. The van der Waals surface area contributed by atoms with Crippen LogP contribution in [0.2, 0.25) is 0 Å². The second-order valence-corrected chi connectivity index (χ2v) is 7.82. The van der Waals surface area contributed by atoms with Crippen molar-refractivity contribution in [1.82, 2.24) is 4.98 Å². The molecule has 0 fully saturated rings. The number of aromatic nitrogens is 1. The van der Waals surface area contributed by atoms with Gasteiger partial charge in [-0.25, -0.2) is 0 Å². The number of rotatable bonds is 3. The fraction of sp³-hybridized carbons (Fsp3) is 0.318. The molecule has 4 heteroatoms. The van der Waals surface area contributed by atoms with E-state index in [1.165, 1.54) is 22.2 Å². The molecule has 0 saturated heterocycles. The summed E-state index contributed by atoms with van der Waals surface area (Å²) in [6.45, 7) is 0.362. The van der Waals surface area contributed by atoms with E-state index in [-0.39, 0.29) is 11.9 Å². The number of carbonyl (C=O) groups excluding carboxylic acids is 1. The van der Waals surface area contributed by atoms with Crippen LogP contribution in [0.5, 0.6) is 0 Å². The summed E-state index contributed by atoms with van der Waals surface area (Å²) in [5, 5.41) is 1.31. The van der Waals surface area contributed by atoms with Gasteiger partial charge < -0.3 is 9.72 Å². The molecule has 1 aliphatic rings. The lowest BCUT2D eigenvalue weighted by molar-refractivity contribution is -0.150. The third kappa shape index (κ3) is 3.56. The molecule has 0 saturated carbocycles. The molecule has 3 nitrogen and oxygen atoms in total. The highest BCUT2D eigenvalue weighted by Crippen LogP contribution is 2.33.